The summed E-state index contributed by atoms with van der Waals surface area (Å²) in [5.74, 6) is 0.475. The van der Waals surface area contributed by atoms with E-state index in [1.807, 2.05) is 0 Å². The van der Waals surface area contributed by atoms with E-state index >= 15 is 0 Å². The van der Waals surface area contributed by atoms with Gasteiger partial charge in [-0.2, -0.15) is 0 Å². The van der Waals surface area contributed by atoms with Crippen molar-refractivity contribution in [3.8, 4) is 5.75 Å². The van der Waals surface area contributed by atoms with Crippen LogP contribution in [0.3, 0.4) is 0 Å². The standard InChI is InChI=1S/C22H35NO5/c1-21(2,3)13-22(4,5)14-28-16-8-6-15(7-9-16)20(26)23-12-18-19(25)17(24)10-11-27-18/h6-9,17-19,24-25H,10-14H2,1-5H3,(H,23,26)/t17-,18-,19+/m1/s1. The zero-order chi connectivity index (χ0) is 20.9. The van der Waals surface area contributed by atoms with Gasteiger partial charge in [0.2, 0.25) is 0 Å². The van der Waals surface area contributed by atoms with Gasteiger partial charge in [0, 0.05) is 18.7 Å². The van der Waals surface area contributed by atoms with E-state index in [1.54, 1.807) is 24.3 Å². The van der Waals surface area contributed by atoms with Gasteiger partial charge in [-0.3, -0.25) is 4.79 Å². The van der Waals surface area contributed by atoms with E-state index in [1.165, 1.54) is 0 Å². The van der Waals surface area contributed by atoms with Gasteiger partial charge in [0.05, 0.1) is 12.7 Å². The van der Waals surface area contributed by atoms with Crippen molar-refractivity contribution in [3.63, 3.8) is 0 Å². The van der Waals surface area contributed by atoms with Gasteiger partial charge in [0.25, 0.3) is 5.91 Å². The van der Waals surface area contributed by atoms with Crippen molar-refractivity contribution < 1.29 is 24.5 Å². The number of amides is 1. The van der Waals surface area contributed by atoms with Gasteiger partial charge in [-0.25, -0.2) is 0 Å². The zero-order valence-corrected chi connectivity index (χ0v) is 17.7. The maximum Gasteiger partial charge on any atom is 0.251 e. The van der Waals surface area contributed by atoms with Crippen molar-refractivity contribution in [2.24, 2.45) is 10.8 Å². The molecular formula is C22H35NO5. The molecule has 1 amide bonds. The van der Waals surface area contributed by atoms with E-state index in [2.05, 4.69) is 39.9 Å². The lowest BCUT2D eigenvalue weighted by molar-refractivity contribution is -0.132. The van der Waals surface area contributed by atoms with Crippen LogP contribution in [0.15, 0.2) is 24.3 Å². The van der Waals surface area contributed by atoms with Crippen LogP contribution in [0.5, 0.6) is 5.75 Å². The average molecular weight is 394 g/mol. The van der Waals surface area contributed by atoms with Gasteiger partial charge in [0.1, 0.15) is 18.0 Å². The van der Waals surface area contributed by atoms with Crippen molar-refractivity contribution in [1.82, 2.24) is 5.32 Å². The second kappa shape index (κ2) is 9.25. The monoisotopic (exact) mass is 393 g/mol. The van der Waals surface area contributed by atoms with E-state index in [4.69, 9.17) is 9.47 Å². The van der Waals surface area contributed by atoms with Gasteiger partial charge in [-0.1, -0.05) is 34.6 Å². The third-order valence-electron chi connectivity index (χ3n) is 4.74. The van der Waals surface area contributed by atoms with Gasteiger partial charge in [0.15, 0.2) is 0 Å². The molecule has 2 rings (SSSR count). The lowest BCUT2D eigenvalue weighted by Gasteiger charge is -2.32. The fourth-order valence-electron chi connectivity index (χ4n) is 3.80. The highest BCUT2D eigenvalue weighted by Crippen LogP contribution is 2.33. The summed E-state index contributed by atoms with van der Waals surface area (Å²) < 4.78 is 11.3. The molecule has 6 heteroatoms. The molecule has 6 nitrogen and oxygen atoms in total. The SMILES string of the molecule is CC(C)(C)CC(C)(C)COc1ccc(C(=O)NC[C@H]2OCC[C@@H](O)[C@@H]2O)cc1. The predicted molar refractivity (Wildman–Crippen MR) is 108 cm³/mol. The number of benzene rings is 1. The fourth-order valence-corrected chi connectivity index (χ4v) is 3.80. The largest absolute Gasteiger partial charge is 0.493 e. The van der Waals surface area contributed by atoms with Crippen molar-refractivity contribution in [1.29, 1.82) is 0 Å². The molecule has 0 saturated carbocycles. The molecule has 0 bridgehead atoms. The molecule has 0 radical (unpaired) electrons. The van der Waals surface area contributed by atoms with Gasteiger partial charge in [-0.15, -0.1) is 0 Å². The van der Waals surface area contributed by atoms with Crippen LogP contribution in [0.1, 0.15) is 57.8 Å². The Balaban J connectivity index is 1.83. The average Bonchev–Trinajstić information content (AvgIpc) is 2.59. The van der Waals surface area contributed by atoms with E-state index < -0.39 is 18.3 Å². The molecule has 1 aliphatic heterocycles. The van der Waals surface area contributed by atoms with Gasteiger partial charge >= 0.3 is 0 Å². The summed E-state index contributed by atoms with van der Waals surface area (Å²) in [6.45, 7) is 12.2. The Hall–Kier alpha value is -1.63. The molecule has 1 fully saturated rings. The molecule has 0 unspecified atom stereocenters. The first-order valence-corrected chi connectivity index (χ1v) is 9.96. The zero-order valence-electron chi connectivity index (χ0n) is 17.7. The molecule has 158 valence electrons. The first kappa shape index (κ1) is 22.7. The maximum absolute atomic E-state index is 12.3. The Kier molecular flexibility index (Phi) is 7.48. The molecular weight excluding hydrogens is 358 g/mol. The van der Waals surface area contributed by atoms with Crippen molar-refractivity contribution in [2.75, 3.05) is 19.8 Å². The molecule has 3 atom stereocenters. The second-order valence-electron chi connectivity index (χ2n) is 9.68. The number of aliphatic hydroxyl groups excluding tert-OH is 2. The second-order valence-corrected chi connectivity index (χ2v) is 9.68. The van der Waals surface area contributed by atoms with Gasteiger partial charge < -0.3 is 25.0 Å². The maximum atomic E-state index is 12.3. The first-order valence-electron chi connectivity index (χ1n) is 9.96. The molecule has 0 aliphatic carbocycles. The molecule has 1 aliphatic rings. The van der Waals surface area contributed by atoms with E-state index in [0.717, 1.165) is 12.2 Å². The Bertz CT molecular complexity index is 635. The predicted octanol–water partition coefficient (Wildman–Crippen LogP) is 2.77. The summed E-state index contributed by atoms with van der Waals surface area (Å²) >= 11 is 0. The number of carbonyl (C=O) groups is 1. The fraction of sp³-hybridized carbons (Fsp3) is 0.682. The topological polar surface area (TPSA) is 88.0 Å². The van der Waals surface area contributed by atoms with Crippen LogP contribution < -0.4 is 10.1 Å². The van der Waals surface area contributed by atoms with Crippen LogP contribution in [0.2, 0.25) is 0 Å². The van der Waals surface area contributed by atoms with E-state index in [0.29, 0.717) is 25.2 Å². The minimum atomic E-state index is -0.985. The minimum absolute atomic E-state index is 0.0553. The quantitative estimate of drug-likeness (QED) is 0.663. The molecule has 0 spiro atoms. The molecule has 0 aromatic heterocycles. The van der Waals surface area contributed by atoms with Gasteiger partial charge in [-0.05, 0) is 47.9 Å². The number of carbonyl (C=O) groups excluding carboxylic acids is 1. The molecule has 1 heterocycles. The summed E-state index contributed by atoms with van der Waals surface area (Å²) in [6.07, 6.45) is -0.944. The molecule has 1 aromatic carbocycles. The first-order chi connectivity index (χ1) is 13.0. The van der Waals surface area contributed by atoms with Crippen LogP contribution in [0.4, 0.5) is 0 Å². The van der Waals surface area contributed by atoms with Crippen molar-refractivity contribution in [3.05, 3.63) is 29.8 Å². The molecule has 1 aromatic rings. The Morgan fingerprint density at radius 3 is 2.43 bits per heavy atom. The summed E-state index contributed by atoms with van der Waals surface area (Å²) in [5, 5.41) is 22.3. The summed E-state index contributed by atoms with van der Waals surface area (Å²) in [7, 11) is 0. The molecule has 28 heavy (non-hydrogen) atoms. The normalized spacial score (nSPS) is 23.3. The Labute approximate surface area is 168 Å². The van der Waals surface area contributed by atoms with Crippen LogP contribution in [0, 0.1) is 10.8 Å². The van der Waals surface area contributed by atoms with E-state index in [9.17, 15) is 15.0 Å². The number of hydrogen-bond donors (Lipinski definition) is 3. The lowest BCUT2D eigenvalue weighted by Crippen LogP contribution is -2.49. The summed E-state index contributed by atoms with van der Waals surface area (Å²) in [6, 6.07) is 7.01. The highest BCUT2D eigenvalue weighted by Gasteiger charge is 2.31. The highest BCUT2D eigenvalue weighted by molar-refractivity contribution is 5.94. The lowest BCUT2D eigenvalue weighted by atomic mass is 9.77. The minimum Gasteiger partial charge on any atom is -0.493 e. The number of hydrogen-bond acceptors (Lipinski definition) is 5. The summed E-state index contributed by atoms with van der Waals surface area (Å²) in [4.78, 5) is 12.3. The summed E-state index contributed by atoms with van der Waals surface area (Å²) in [5.41, 5.74) is 0.798. The van der Waals surface area contributed by atoms with Crippen LogP contribution in [-0.2, 0) is 4.74 Å². The third kappa shape index (κ3) is 7.08. The Morgan fingerprint density at radius 1 is 1.18 bits per heavy atom. The number of ether oxygens (including phenoxy) is 2. The third-order valence-corrected chi connectivity index (χ3v) is 4.74. The number of rotatable bonds is 7. The van der Waals surface area contributed by atoms with Crippen molar-refractivity contribution in [2.45, 2.75) is 65.8 Å². The number of nitrogens with one attached hydrogen (secondary N) is 1. The van der Waals surface area contributed by atoms with Crippen LogP contribution >= 0.6 is 0 Å². The smallest absolute Gasteiger partial charge is 0.251 e. The molecule has 1 saturated heterocycles. The van der Waals surface area contributed by atoms with Crippen LogP contribution in [0.25, 0.3) is 0 Å². The van der Waals surface area contributed by atoms with E-state index in [-0.39, 0.29) is 23.3 Å². The Morgan fingerprint density at radius 2 is 1.82 bits per heavy atom. The van der Waals surface area contributed by atoms with Crippen LogP contribution in [-0.4, -0.2) is 54.2 Å². The highest BCUT2D eigenvalue weighted by atomic mass is 16.5. The number of aliphatic hydroxyl groups is 2. The molecule has 3 N–H and O–H groups in total. The van der Waals surface area contributed by atoms with Crippen molar-refractivity contribution >= 4 is 5.91 Å².